The molecule has 0 bridgehead atoms. The first-order valence-electron chi connectivity index (χ1n) is 4.63. The Morgan fingerprint density at radius 2 is 2.00 bits per heavy atom. The molecule has 0 radical (unpaired) electrons. The van der Waals surface area contributed by atoms with Crippen LogP contribution in [-0.4, -0.2) is 23.7 Å². The number of hydrogen-bond acceptors (Lipinski definition) is 3. The lowest BCUT2D eigenvalue weighted by molar-refractivity contribution is -0.125. The smallest absolute Gasteiger partial charge is 0.247 e. The molecule has 16 heavy (non-hydrogen) atoms. The molecule has 1 aromatic carbocycles. The number of primary amides is 1. The van der Waals surface area contributed by atoms with Gasteiger partial charge in [0.1, 0.15) is 17.7 Å². The third-order valence-corrected chi connectivity index (χ3v) is 2.03. The molecular weight excluding hydrogens is 218 g/mol. The zero-order chi connectivity index (χ0) is 12.1. The fourth-order valence-electron chi connectivity index (χ4n) is 1.14. The zero-order valence-corrected chi connectivity index (χ0v) is 8.41. The van der Waals surface area contributed by atoms with E-state index in [9.17, 15) is 13.6 Å². The number of hydrogen-bond donors (Lipinski definition) is 3. The lowest BCUT2D eigenvalue weighted by atomic mass is 10.2. The van der Waals surface area contributed by atoms with Crippen LogP contribution < -0.4 is 11.1 Å². The highest BCUT2D eigenvalue weighted by atomic mass is 19.1. The van der Waals surface area contributed by atoms with E-state index < -0.39 is 23.6 Å². The molecule has 1 amide bonds. The Bertz CT molecular complexity index is 365. The van der Waals surface area contributed by atoms with Crippen LogP contribution in [0, 0.1) is 11.6 Å². The number of benzene rings is 1. The summed E-state index contributed by atoms with van der Waals surface area (Å²) in [5.74, 6) is -2.25. The number of aliphatic hydroxyl groups is 1. The first-order valence-corrected chi connectivity index (χ1v) is 4.63. The summed E-state index contributed by atoms with van der Waals surface area (Å²) in [7, 11) is 0. The molecule has 0 saturated heterocycles. The third-order valence-electron chi connectivity index (χ3n) is 2.03. The lowest BCUT2D eigenvalue weighted by Crippen LogP contribution is -2.37. The van der Waals surface area contributed by atoms with E-state index in [1.807, 2.05) is 0 Å². The van der Waals surface area contributed by atoms with Crippen LogP contribution in [0.15, 0.2) is 18.2 Å². The van der Waals surface area contributed by atoms with E-state index in [0.29, 0.717) is 0 Å². The van der Waals surface area contributed by atoms with Crippen LogP contribution in [0.4, 0.5) is 8.78 Å². The van der Waals surface area contributed by atoms with Gasteiger partial charge < -0.3 is 16.2 Å². The molecule has 0 aromatic heterocycles. The summed E-state index contributed by atoms with van der Waals surface area (Å²) in [4.78, 5) is 10.5. The largest absolute Gasteiger partial charge is 0.382 e. The molecule has 4 nitrogen and oxygen atoms in total. The van der Waals surface area contributed by atoms with Crippen LogP contribution in [0.2, 0.25) is 0 Å². The van der Waals surface area contributed by atoms with E-state index in [1.54, 1.807) is 0 Å². The van der Waals surface area contributed by atoms with E-state index in [-0.39, 0.29) is 18.7 Å². The lowest BCUT2D eigenvalue weighted by Gasteiger charge is -2.09. The van der Waals surface area contributed by atoms with Gasteiger partial charge in [-0.1, -0.05) is 6.07 Å². The summed E-state index contributed by atoms with van der Waals surface area (Å²) in [6.07, 6.45) is -1.37. The van der Waals surface area contributed by atoms with Gasteiger partial charge in [0.05, 0.1) is 0 Å². The van der Waals surface area contributed by atoms with Gasteiger partial charge in [0, 0.05) is 18.7 Å². The van der Waals surface area contributed by atoms with Gasteiger partial charge in [0.25, 0.3) is 0 Å². The number of nitrogens with two attached hydrogens (primary N) is 1. The first-order chi connectivity index (χ1) is 7.52. The normalized spacial score (nSPS) is 12.4. The van der Waals surface area contributed by atoms with E-state index >= 15 is 0 Å². The minimum Gasteiger partial charge on any atom is -0.382 e. The maximum atomic E-state index is 13.1. The van der Waals surface area contributed by atoms with Gasteiger partial charge in [-0.2, -0.15) is 0 Å². The summed E-state index contributed by atoms with van der Waals surface area (Å²) in [6.45, 7) is -0.272. The van der Waals surface area contributed by atoms with E-state index in [2.05, 4.69) is 5.32 Å². The number of amides is 1. The van der Waals surface area contributed by atoms with Crippen molar-refractivity contribution in [2.45, 2.75) is 12.6 Å². The summed E-state index contributed by atoms with van der Waals surface area (Å²) < 4.78 is 26.2. The SMILES string of the molecule is NC(=O)C(O)CNCc1c(F)cccc1F. The number of halogens is 2. The molecule has 6 heteroatoms. The van der Waals surface area contributed by atoms with Crippen molar-refractivity contribution in [3.8, 4) is 0 Å². The molecule has 1 rings (SSSR count). The Labute approximate surface area is 91.1 Å². The highest BCUT2D eigenvalue weighted by molar-refractivity contribution is 5.78. The minimum absolute atomic E-state index is 0.122. The van der Waals surface area contributed by atoms with Gasteiger partial charge >= 0.3 is 0 Å². The average Bonchev–Trinajstić information content (AvgIpc) is 2.22. The van der Waals surface area contributed by atoms with Crippen LogP contribution in [0.25, 0.3) is 0 Å². The molecule has 0 aliphatic carbocycles. The number of rotatable bonds is 5. The zero-order valence-electron chi connectivity index (χ0n) is 8.41. The number of nitrogens with one attached hydrogen (secondary N) is 1. The highest BCUT2D eigenvalue weighted by Gasteiger charge is 2.12. The van der Waals surface area contributed by atoms with Crippen molar-refractivity contribution in [2.75, 3.05) is 6.54 Å². The molecule has 1 aromatic rings. The molecule has 0 spiro atoms. The van der Waals surface area contributed by atoms with Crippen molar-refractivity contribution >= 4 is 5.91 Å². The number of aliphatic hydroxyl groups excluding tert-OH is 1. The van der Waals surface area contributed by atoms with Gasteiger partial charge in [-0.05, 0) is 12.1 Å². The summed E-state index contributed by atoms with van der Waals surface area (Å²) >= 11 is 0. The molecule has 0 aliphatic heterocycles. The average molecular weight is 230 g/mol. The maximum absolute atomic E-state index is 13.1. The van der Waals surface area contributed by atoms with Crippen molar-refractivity contribution in [1.82, 2.24) is 5.32 Å². The second-order valence-corrected chi connectivity index (χ2v) is 3.25. The van der Waals surface area contributed by atoms with Crippen LogP contribution in [0.3, 0.4) is 0 Å². The Kier molecular flexibility index (Phi) is 4.33. The fourth-order valence-corrected chi connectivity index (χ4v) is 1.14. The first kappa shape index (κ1) is 12.5. The van der Waals surface area contributed by atoms with E-state index in [1.165, 1.54) is 6.07 Å². The van der Waals surface area contributed by atoms with Crippen molar-refractivity contribution in [3.63, 3.8) is 0 Å². The molecule has 1 atom stereocenters. The molecule has 0 saturated carbocycles. The second kappa shape index (κ2) is 5.53. The molecule has 0 heterocycles. The van der Waals surface area contributed by atoms with Gasteiger partial charge in [-0.15, -0.1) is 0 Å². The van der Waals surface area contributed by atoms with E-state index in [0.717, 1.165) is 12.1 Å². The molecular formula is C10H12F2N2O2. The standard InChI is InChI=1S/C10H12F2N2O2/c11-7-2-1-3-8(12)6(7)4-14-5-9(15)10(13)16/h1-3,9,14-15H,4-5H2,(H2,13,16). The quantitative estimate of drug-likeness (QED) is 0.661. The predicted molar refractivity (Wildman–Crippen MR) is 53.3 cm³/mol. The number of carbonyl (C=O) groups excluding carboxylic acids is 1. The van der Waals surface area contributed by atoms with Crippen molar-refractivity contribution in [1.29, 1.82) is 0 Å². The van der Waals surface area contributed by atoms with Gasteiger partial charge in [-0.3, -0.25) is 4.79 Å². The van der Waals surface area contributed by atoms with Gasteiger partial charge in [0.2, 0.25) is 5.91 Å². The predicted octanol–water partition coefficient (Wildman–Crippen LogP) is -0.0994. The summed E-state index contributed by atoms with van der Waals surface area (Å²) in [6, 6.07) is 3.52. The number of carbonyl (C=O) groups is 1. The Balaban J connectivity index is 2.52. The molecule has 0 aliphatic rings. The van der Waals surface area contributed by atoms with Gasteiger partial charge in [0.15, 0.2) is 0 Å². The van der Waals surface area contributed by atoms with E-state index in [4.69, 9.17) is 10.8 Å². The Morgan fingerprint density at radius 3 is 2.50 bits per heavy atom. The Hall–Kier alpha value is -1.53. The molecule has 1 unspecified atom stereocenters. The van der Waals surface area contributed by atoms with Crippen LogP contribution in [-0.2, 0) is 11.3 Å². The van der Waals surface area contributed by atoms with Crippen molar-refractivity contribution < 1.29 is 18.7 Å². The molecule has 4 N–H and O–H groups in total. The maximum Gasteiger partial charge on any atom is 0.247 e. The topological polar surface area (TPSA) is 75.4 Å². The summed E-state index contributed by atoms with van der Waals surface area (Å²) in [5, 5.41) is 11.6. The summed E-state index contributed by atoms with van der Waals surface area (Å²) in [5.41, 5.74) is 4.66. The monoisotopic (exact) mass is 230 g/mol. The van der Waals surface area contributed by atoms with Crippen LogP contribution >= 0.6 is 0 Å². The van der Waals surface area contributed by atoms with Crippen LogP contribution in [0.1, 0.15) is 5.56 Å². The molecule has 88 valence electrons. The molecule has 0 fully saturated rings. The second-order valence-electron chi connectivity index (χ2n) is 3.25. The van der Waals surface area contributed by atoms with Crippen molar-refractivity contribution in [2.24, 2.45) is 5.73 Å². The minimum atomic E-state index is -1.37. The third kappa shape index (κ3) is 3.25. The Morgan fingerprint density at radius 1 is 1.44 bits per heavy atom. The van der Waals surface area contributed by atoms with Crippen LogP contribution in [0.5, 0.6) is 0 Å². The highest BCUT2D eigenvalue weighted by Crippen LogP contribution is 2.11. The fraction of sp³-hybridized carbons (Fsp3) is 0.300. The van der Waals surface area contributed by atoms with Crippen molar-refractivity contribution in [3.05, 3.63) is 35.4 Å². The van der Waals surface area contributed by atoms with Gasteiger partial charge in [-0.25, -0.2) is 8.78 Å².